The highest BCUT2D eigenvalue weighted by Gasteiger charge is 2.34. The summed E-state index contributed by atoms with van der Waals surface area (Å²) in [5.41, 5.74) is 0.768. The van der Waals surface area contributed by atoms with Gasteiger partial charge in [0.25, 0.3) is 0 Å². The number of hydrogen-bond donors (Lipinski definition) is 0. The van der Waals surface area contributed by atoms with Gasteiger partial charge in [-0.05, 0) is 26.7 Å². The number of aromatic nitrogens is 2. The molecule has 0 amide bonds. The summed E-state index contributed by atoms with van der Waals surface area (Å²) in [5.74, 6) is 0.0994. The molecule has 1 aromatic rings. The smallest absolute Gasteiger partial charge is 0.390 e. The molecule has 24 heavy (non-hydrogen) atoms. The van der Waals surface area contributed by atoms with Crippen LogP contribution in [0.25, 0.3) is 0 Å². The summed E-state index contributed by atoms with van der Waals surface area (Å²) in [5, 5.41) is 0. The van der Waals surface area contributed by atoms with Gasteiger partial charge in [-0.1, -0.05) is 0 Å². The third-order valence-electron chi connectivity index (χ3n) is 3.67. The van der Waals surface area contributed by atoms with E-state index in [2.05, 4.69) is 9.97 Å². The molecular formula is C14H20F3N3O3S. The molecule has 0 aliphatic carbocycles. The van der Waals surface area contributed by atoms with Crippen LogP contribution in [0.2, 0.25) is 0 Å². The van der Waals surface area contributed by atoms with Crippen LogP contribution in [0.3, 0.4) is 0 Å². The molecule has 0 spiro atoms. The van der Waals surface area contributed by atoms with E-state index in [0.717, 1.165) is 10.00 Å². The number of halogens is 3. The van der Waals surface area contributed by atoms with Gasteiger partial charge in [-0.25, -0.2) is 17.7 Å². The second kappa shape index (κ2) is 7.22. The maximum Gasteiger partial charge on any atom is 0.390 e. The molecule has 0 N–H and O–H groups in total. The van der Waals surface area contributed by atoms with Gasteiger partial charge in [-0.15, -0.1) is 0 Å². The van der Waals surface area contributed by atoms with E-state index in [1.165, 1.54) is 0 Å². The molecule has 10 heteroatoms. The Bertz CT molecular complexity index is 651. The van der Waals surface area contributed by atoms with E-state index in [9.17, 15) is 21.6 Å². The Morgan fingerprint density at radius 3 is 2.42 bits per heavy atom. The number of ether oxygens (including phenoxy) is 1. The van der Waals surface area contributed by atoms with Crippen molar-refractivity contribution >= 4 is 10.0 Å². The van der Waals surface area contributed by atoms with Crippen LogP contribution in [0.4, 0.5) is 13.2 Å². The molecule has 0 atom stereocenters. The Hall–Kier alpha value is -1.42. The Balaban J connectivity index is 1.89. The first kappa shape index (κ1) is 18.9. The molecule has 1 aromatic heterocycles. The van der Waals surface area contributed by atoms with E-state index in [1.54, 1.807) is 13.0 Å². The summed E-state index contributed by atoms with van der Waals surface area (Å²) >= 11 is 0. The fourth-order valence-corrected chi connectivity index (χ4v) is 4.03. The zero-order chi connectivity index (χ0) is 18.0. The Morgan fingerprint density at radius 1 is 1.25 bits per heavy atom. The van der Waals surface area contributed by atoms with Crippen LogP contribution in [0, 0.1) is 13.8 Å². The van der Waals surface area contributed by atoms with Crippen molar-refractivity contribution < 1.29 is 26.3 Å². The molecule has 0 bridgehead atoms. The predicted octanol–water partition coefficient (Wildman–Crippen LogP) is 2.22. The number of alkyl halides is 3. The zero-order valence-corrected chi connectivity index (χ0v) is 14.3. The molecule has 136 valence electrons. The topological polar surface area (TPSA) is 72.4 Å². The molecule has 1 aliphatic heterocycles. The van der Waals surface area contributed by atoms with Crippen LogP contribution >= 0.6 is 0 Å². The summed E-state index contributed by atoms with van der Waals surface area (Å²) in [6.07, 6.45) is -5.20. The van der Waals surface area contributed by atoms with Gasteiger partial charge in [0.15, 0.2) is 0 Å². The molecule has 1 fully saturated rings. The number of sulfonamides is 1. The van der Waals surface area contributed by atoms with E-state index in [0.29, 0.717) is 24.5 Å². The maximum atomic E-state index is 12.2. The first-order valence-electron chi connectivity index (χ1n) is 7.59. The first-order chi connectivity index (χ1) is 11.0. The number of aryl methyl sites for hydroxylation is 2. The lowest BCUT2D eigenvalue weighted by Gasteiger charge is -2.31. The van der Waals surface area contributed by atoms with Gasteiger partial charge in [0, 0.05) is 24.8 Å². The van der Waals surface area contributed by atoms with Crippen molar-refractivity contribution in [2.75, 3.05) is 18.8 Å². The molecule has 0 radical (unpaired) electrons. The van der Waals surface area contributed by atoms with Gasteiger partial charge in [0.05, 0.1) is 12.2 Å². The highest BCUT2D eigenvalue weighted by atomic mass is 32.2. The molecule has 6 nitrogen and oxygen atoms in total. The Morgan fingerprint density at radius 2 is 1.88 bits per heavy atom. The minimum absolute atomic E-state index is 0.147. The largest absolute Gasteiger partial charge is 0.474 e. The second-order valence-corrected chi connectivity index (χ2v) is 7.88. The van der Waals surface area contributed by atoms with Crippen molar-refractivity contribution in [3.63, 3.8) is 0 Å². The second-order valence-electron chi connectivity index (χ2n) is 5.79. The summed E-state index contributed by atoms with van der Waals surface area (Å²) < 4.78 is 67.4. The Kier molecular flexibility index (Phi) is 5.69. The highest BCUT2D eigenvalue weighted by molar-refractivity contribution is 7.89. The zero-order valence-electron chi connectivity index (χ0n) is 13.5. The van der Waals surface area contributed by atoms with E-state index < -0.39 is 28.4 Å². The van der Waals surface area contributed by atoms with E-state index in [4.69, 9.17) is 4.74 Å². The van der Waals surface area contributed by atoms with Crippen molar-refractivity contribution in [2.45, 2.75) is 45.4 Å². The van der Waals surface area contributed by atoms with Crippen LogP contribution in [-0.2, 0) is 10.0 Å². The van der Waals surface area contributed by atoms with Gasteiger partial charge < -0.3 is 4.74 Å². The van der Waals surface area contributed by atoms with Gasteiger partial charge in [-0.3, -0.25) is 0 Å². The van der Waals surface area contributed by atoms with Crippen LogP contribution < -0.4 is 4.74 Å². The van der Waals surface area contributed by atoms with Gasteiger partial charge in [-0.2, -0.15) is 18.2 Å². The number of nitrogens with zero attached hydrogens (tertiary/aromatic N) is 3. The summed E-state index contributed by atoms with van der Waals surface area (Å²) in [7, 11) is -3.89. The minimum Gasteiger partial charge on any atom is -0.474 e. The molecule has 0 unspecified atom stereocenters. The highest BCUT2D eigenvalue weighted by Crippen LogP contribution is 2.24. The quantitative estimate of drug-likeness (QED) is 0.798. The molecular weight excluding hydrogens is 347 g/mol. The van der Waals surface area contributed by atoms with Crippen LogP contribution in [0.15, 0.2) is 6.07 Å². The lowest BCUT2D eigenvalue weighted by atomic mass is 10.1. The van der Waals surface area contributed by atoms with Crippen molar-refractivity contribution in [3.05, 3.63) is 17.6 Å². The van der Waals surface area contributed by atoms with Crippen molar-refractivity contribution in [2.24, 2.45) is 0 Å². The molecule has 2 rings (SSSR count). The fraction of sp³-hybridized carbons (Fsp3) is 0.714. The fourth-order valence-electron chi connectivity index (χ4n) is 2.52. The standard InChI is InChI=1S/C14H20F3N3O3S/c1-10-9-13(19-11(2)18-10)23-12-3-6-20(7-4-12)24(21,22)8-5-14(15,16)17/h9,12H,3-8H2,1-2H3. The molecule has 0 aromatic carbocycles. The number of rotatable bonds is 5. The summed E-state index contributed by atoms with van der Waals surface area (Å²) in [4.78, 5) is 8.30. The molecule has 0 saturated carbocycles. The van der Waals surface area contributed by atoms with Crippen LogP contribution in [-0.4, -0.2) is 53.8 Å². The maximum absolute atomic E-state index is 12.2. The van der Waals surface area contributed by atoms with E-state index in [1.807, 2.05) is 6.92 Å². The van der Waals surface area contributed by atoms with Gasteiger partial charge in [0.2, 0.25) is 15.9 Å². The number of piperidine rings is 1. The molecule has 2 heterocycles. The van der Waals surface area contributed by atoms with E-state index in [-0.39, 0.29) is 19.2 Å². The summed E-state index contributed by atoms with van der Waals surface area (Å²) in [6, 6.07) is 1.69. The lowest BCUT2D eigenvalue weighted by molar-refractivity contribution is -0.130. The van der Waals surface area contributed by atoms with Crippen LogP contribution in [0.1, 0.15) is 30.8 Å². The van der Waals surface area contributed by atoms with Crippen molar-refractivity contribution in [1.82, 2.24) is 14.3 Å². The SMILES string of the molecule is Cc1cc(OC2CCN(S(=O)(=O)CCC(F)(F)F)CC2)nc(C)n1. The average molecular weight is 367 g/mol. The summed E-state index contributed by atoms with van der Waals surface area (Å²) in [6.45, 7) is 3.86. The molecule has 1 saturated heterocycles. The normalized spacial score (nSPS) is 17.9. The van der Waals surface area contributed by atoms with Crippen LogP contribution in [0.5, 0.6) is 5.88 Å². The monoisotopic (exact) mass is 367 g/mol. The van der Waals surface area contributed by atoms with Gasteiger partial charge >= 0.3 is 6.18 Å². The Labute approximate surface area is 139 Å². The van der Waals surface area contributed by atoms with Crippen molar-refractivity contribution in [1.29, 1.82) is 0 Å². The minimum atomic E-state index is -4.47. The van der Waals surface area contributed by atoms with Gasteiger partial charge in [0.1, 0.15) is 11.9 Å². The number of hydrogen-bond acceptors (Lipinski definition) is 5. The third kappa shape index (κ3) is 5.59. The van der Waals surface area contributed by atoms with Crippen molar-refractivity contribution in [3.8, 4) is 5.88 Å². The lowest BCUT2D eigenvalue weighted by Crippen LogP contribution is -2.43. The first-order valence-corrected chi connectivity index (χ1v) is 9.19. The van der Waals surface area contributed by atoms with E-state index >= 15 is 0 Å². The third-order valence-corrected chi connectivity index (χ3v) is 5.54. The predicted molar refractivity (Wildman–Crippen MR) is 81.2 cm³/mol. The molecule has 1 aliphatic rings. The average Bonchev–Trinajstić information content (AvgIpc) is 2.44.